The van der Waals surface area contributed by atoms with Gasteiger partial charge in [0.2, 0.25) is 0 Å². The zero-order valence-electron chi connectivity index (χ0n) is 14.1. The van der Waals surface area contributed by atoms with Crippen LogP contribution in [0.25, 0.3) is 21.7 Å². The normalized spacial score (nSPS) is 11.4. The van der Waals surface area contributed by atoms with Crippen molar-refractivity contribution in [1.29, 1.82) is 0 Å². The van der Waals surface area contributed by atoms with Crippen LogP contribution in [0.4, 0.5) is 4.39 Å². The summed E-state index contributed by atoms with van der Waals surface area (Å²) in [5.41, 5.74) is 0.243. The first-order valence-corrected chi connectivity index (χ1v) is 8.85. The van der Waals surface area contributed by atoms with Crippen molar-refractivity contribution in [2.75, 3.05) is 0 Å². The van der Waals surface area contributed by atoms with E-state index in [4.69, 9.17) is 4.42 Å². The van der Waals surface area contributed by atoms with E-state index in [9.17, 15) is 9.18 Å². The Bertz CT molecular complexity index is 895. The summed E-state index contributed by atoms with van der Waals surface area (Å²) in [5, 5.41) is 1.90. The van der Waals surface area contributed by atoms with Gasteiger partial charge in [0.15, 0.2) is 11.4 Å². The van der Waals surface area contributed by atoms with Gasteiger partial charge in [0.1, 0.15) is 0 Å². The number of unbranched alkanes of at least 4 members (excludes halogenated alkanes) is 5. The Morgan fingerprint density at radius 3 is 2.38 bits per heavy atom. The fraction of sp³-hybridized carbons (Fsp3) is 0.381. The first-order chi connectivity index (χ1) is 11.7. The number of benzene rings is 2. The molecule has 0 atom stereocenters. The Labute approximate surface area is 141 Å². The smallest absolute Gasteiger partial charge is 0.344 e. The second-order valence-corrected chi connectivity index (χ2v) is 6.37. The van der Waals surface area contributed by atoms with Gasteiger partial charge in [-0.1, -0.05) is 69.4 Å². The fourth-order valence-corrected chi connectivity index (χ4v) is 3.24. The number of rotatable bonds is 7. The standard InChI is InChI=1S/C21H23FO2/c1-2-3-4-5-6-7-10-15-13-14-17-16-11-8-9-12-18(16)21(23)24-20(17)19(15)22/h8-9,11-14H,2-7,10H2,1H3. The summed E-state index contributed by atoms with van der Waals surface area (Å²) in [7, 11) is 0. The number of hydrogen-bond acceptors (Lipinski definition) is 2. The fourth-order valence-electron chi connectivity index (χ4n) is 3.24. The van der Waals surface area contributed by atoms with Gasteiger partial charge < -0.3 is 4.42 Å². The molecule has 24 heavy (non-hydrogen) atoms. The molecule has 0 aliphatic carbocycles. The molecule has 0 unspecified atom stereocenters. The maximum Gasteiger partial charge on any atom is 0.344 e. The zero-order chi connectivity index (χ0) is 16.9. The summed E-state index contributed by atoms with van der Waals surface area (Å²) in [5.74, 6) is -0.385. The van der Waals surface area contributed by atoms with E-state index in [1.54, 1.807) is 12.1 Å². The Morgan fingerprint density at radius 1 is 0.875 bits per heavy atom. The van der Waals surface area contributed by atoms with Crippen LogP contribution in [0, 0.1) is 5.82 Å². The van der Waals surface area contributed by atoms with Crippen molar-refractivity contribution in [2.24, 2.45) is 0 Å². The van der Waals surface area contributed by atoms with Crippen LogP contribution in [0.3, 0.4) is 0 Å². The maximum absolute atomic E-state index is 14.8. The van der Waals surface area contributed by atoms with Crippen LogP contribution in [0.15, 0.2) is 45.6 Å². The molecule has 0 amide bonds. The summed E-state index contributed by atoms with van der Waals surface area (Å²) < 4.78 is 20.0. The lowest BCUT2D eigenvalue weighted by Crippen LogP contribution is -2.02. The minimum absolute atomic E-state index is 0.0854. The van der Waals surface area contributed by atoms with Crippen molar-refractivity contribution in [1.82, 2.24) is 0 Å². The van der Waals surface area contributed by atoms with Crippen molar-refractivity contribution >= 4 is 21.7 Å². The van der Waals surface area contributed by atoms with E-state index in [1.165, 1.54) is 25.7 Å². The average molecular weight is 326 g/mol. The summed E-state index contributed by atoms with van der Waals surface area (Å²) in [6.07, 6.45) is 7.70. The third-order valence-electron chi connectivity index (χ3n) is 4.61. The number of fused-ring (bicyclic) bond motifs is 3. The van der Waals surface area contributed by atoms with E-state index >= 15 is 0 Å². The second kappa shape index (κ2) is 7.61. The Balaban J connectivity index is 1.86. The van der Waals surface area contributed by atoms with Crippen LogP contribution in [0.1, 0.15) is 51.0 Å². The van der Waals surface area contributed by atoms with Gasteiger partial charge in [0.05, 0.1) is 5.39 Å². The summed E-state index contributed by atoms with van der Waals surface area (Å²) in [6, 6.07) is 10.9. The molecule has 3 rings (SSSR count). The lowest BCUT2D eigenvalue weighted by Gasteiger charge is -2.08. The molecule has 0 radical (unpaired) electrons. The summed E-state index contributed by atoms with van der Waals surface area (Å²) >= 11 is 0. The minimum atomic E-state index is -0.478. The van der Waals surface area contributed by atoms with E-state index in [0.717, 1.165) is 18.2 Å². The number of aryl methyl sites for hydroxylation is 1. The first-order valence-electron chi connectivity index (χ1n) is 8.85. The van der Waals surface area contributed by atoms with Crippen molar-refractivity contribution in [3.05, 3.63) is 58.2 Å². The van der Waals surface area contributed by atoms with E-state index in [2.05, 4.69) is 6.92 Å². The molecule has 0 N–H and O–H groups in total. The molecule has 2 aromatic carbocycles. The lowest BCUT2D eigenvalue weighted by molar-refractivity contribution is 0.521. The first kappa shape index (κ1) is 16.7. The molecule has 1 aromatic heterocycles. The highest BCUT2D eigenvalue weighted by Gasteiger charge is 2.13. The monoisotopic (exact) mass is 326 g/mol. The van der Waals surface area contributed by atoms with E-state index < -0.39 is 5.63 Å². The third kappa shape index (κ3) is 3.35. The van der Waals surface area contributed by atoms with Gasteiger partial charge in [-0.3, -0.25) is 0 Å². The molecule has 0 bridgehead atoms. The van der Waals surface area contributed by atoms with Gasteiger partial charge in [0.25, 0.3) is 0 Å². The molecule has 0 saturated carbocycles. The average Bonchev–Trinajstić information content (AvgIpc) is 2.60. The predicted octanol–water partition coefficient (Wildman–Crippen LogP) is 5.99. The van der Waals surface area contributed by atoms with E-state index in [-0.39, 0.29) is 11.4 Å². The number of halogens is 1. The Hall–Kier alpha value is -2.16. The van der Waals surface area contributed by atoms with Crippen LogP contribution in [0.2, 0.25) is 0 Å². The summed E-state index contributed by atoms with van der Waals surface area (Å²) in [4.78, 5) is 12.1. The van der Waals surface area contributed by atoms with Crippen LogP contribution < -0.4 is 5.63 Å². The molecule has 0 fully saturated rings. The molecule has 3 aromatic rings. The quantitative estimate of drug-likeness (QED) is 0.303. The molecule has 1 heterocycles. The van der Waals surface area contributed by atoms with Crippen molar-refractivity contribution in [3.63, 3.8) is 0 Å². The lowest BCUT2D eigenvalue weighted by atomic mass is 10.0. The highest BCUT2D eigenvalue weighted by molar-refractivity contribution is 6.04. The molecule has 0 saturated heterocycles. The molecule has 126 valence electrons. The Morgan fingerprint density at radius 2 is 1.58 bits per heavy atom. The van der Waals surface area contributed by atoms with Crippen molar-refractivity contribution in [2.45, 2.75) is 51.9 Å². The molecule has 2 nitrogen and oxygen atoms in total. The van der Waals surface area contributed by atoms with Gasteiger partial charge in [0, 0.05) is 10.8 Å². The van der Waals surface area contributed by atoms with Gasteiger partial charge in [-0.2, -0.15) is 0 Å². The van der Waals surface area contributed by atoms with Crippen molar-refractivity contribution in [3.8, 4) is 0 Å². The highest BCUT2D eigenvalue weighted by atomic mass is 19.1. The highest BCUT2D eigenvalue weighted by Crippen LogP contribution is 2.27. The second-order valence-electron chi connectivity index (χ2n) is 6.37. The SMILES string of the molecule is CCCCCCCCc1ccc2c(oc(=O)c3ccccc32)c1F. The van der Waals surface area contributed by atoms with Gasteiger partial charge in [-0.15, -0.1) is 0 Å². The van der Waals surface area contributed by atoms with Gasteiger partial charge >= 0.3 is 5.63 Å². The minimum Gasteiger partial charge on any atom is -0.419 e. The summed E-state index contributed by atoms with van der Waals surface area (Å²) in [6.45, 7) is 2.20. The van der Waals surface area contributed by atoms with Crippen LogP contribution in [0.5, 0.6) is 0 Å². The van der Waals surface area contributed by atoms with Crippen molar-refractivity contribution < 1.29 is 8.81 Å². The molecule has 0 spiro atoms. The Kier molecular flexibility index (Phi) is 5.29. The number of hydrogen-bond donors (Lipinski definition) is 0. The maximum atomic E-state index is 14.8. The molecular formula is C21H23FO2. The van der Waals surface area contributed by atoms with Crippen LogP contribution in [-0.4, -0.2) is 0 Å². The van der Waals surface area contributed by atoms with Gasteiger partial charge in [-0.25, -0.2) is 9.18 Å². The largest absolute Gasteiger partial charge is 0.419 e. The molecule has 3 heteroatoms. The molecule has 0 aliphatic rings. The predicted molar refractivity (Wildman–Crippen MR) is 97.0 cm³/mol. The van der Waals surface area contributed by atoms with Gasteiger partial charge in [-0.05, 0) is 24.5 Å². The van der Waals surface area contributed by atoms with E-state index in [1.807, 2.05) is 24.3 Å². The third-order valence-corrected chi connectivity index (χ3v) is 4.61. The molecular weight excluding hydrogens is 303 g/mol. The topological polar surface area (TPSA) is 30.2 Å². The molecule has 0 aliphatic heterocycles. The van der Waals surface area contributed by atoms with E-state index in [0.29, 0.717) is 22.8 Å². The van der Waals surface area contributed by atoms with Crippen LogP contribution >= 0.6 is 0 Å². The zero-order valence-corrected chi connectivity index (χ0v) is 14.1. The van der Waals surface area contributed by atoms with Crippen LogP contribution in [-0.2, 0) is 6.42 Å².